The Morgan fingerprint density at radius 3 is 2.94 bits per heavy atom. The predicted molar refractivity (Wildman–Crippen MR) is 68.1 cm³/mol. The maximum Gasteiger partial charge on any atom is 0.123 e. The average Bonchev–Trinajstić information content (AvgIpc) is 2.40. The van der Waals surface area contributed by atoms with E-state index >= 15 is 0 Å². The highest BCUT2D eigenvalue weighted by atomic mass is 16.5. The molecule has 2 aromatic carbocycles. The Morgan fingerprint density at radius 1 is 1.18 bits per heavy atom. The second-order valence-electron chi connectivity index (χ2n) is 4.60. The lowest BCUT2D eigenvalue weighted by Gasteiger charge is -2.25. The van der Waals surface area contributed by atoms with Crippen LogP contribution in [0.1, 0.15) is 11.1 Å². The van der Waals surface area contributed by atoms with Gasteiger partial charge < -0.3 is 4.74 Å². The van der Waals surface area contributed by atoms with Gasteiger partial charge in [0.1, 0.15) is 5.75 Å². The normalized spacial score (nSPS) is 18.2. The molecule has 1 atom stereocenters. The van der Waals surface area contributed by atoms with Gasteiger partial charge in [-0.25, -0.2) is 0 Å². The van der Waals surface area contributed by atoms with Crippen LogP contribution in [0.25, 0.3) is 0 Å². The topological polar surface area (TPSA) is 9.23 Å². The van der Waals surface area contributed by atoms with Crippen molar-refractivity contribution in [2.45, 2.75) is 12.8 Å². The lowest BCUT2D eigenvalue weighted by Crippen LogP contribution is -2.22. The Hall–Kier alpha value is -1.76. The van der Waals surface area contributed by atoms with Gasteiger partial charge in [0, 0.05) is 5.92 Å². The van der Waals surface area contributed by atoms with E-state index < -0.39 is 0 Å². The standard InChI is InChI=1S/C16H15O/c1-2-6-13(7-3-1)10-14-11-15-8-4-5-9-16(15)17-12-14/h1-4,6-9,14H,10-12H2. The van der Waals surface area contributed by atoms with Crippen LogP contribution in [0.5, 0.6) is 5.75 Å². The molecule has 0 aliphatic carbocycles. The molecule has 1 aliphatic rings. The molecular weight excluding hydrogens is 208 g/mol. The highest BCUT2D eigenvalue weighted by Crippen LogP contribution is 2.28. The molecule has 0 bridgehead atoms. The van der Waals surface area contributed by atoms with Crippen molar-refractivity contribution < 1.29 is 4.74 Å². The molecule has 3 rings (SSSR count). The molecule has 0 amide bonds. The van der Waals surface area contributed by atoms with E-state index in [4.69, 9.17) is 4.74 Å². The monoisotopic (exact) mass is 223 g/mol. The first kappa shape index (κ1) is 10.4. The van der Waals surface area contributed by atoms with Crippen molar-refractivity contribution >= 4 is 0 Å². The maximum atomic E-state index is 5.78. The van der Waals surface area contributed by atoms with E-state index in [9.17, 15) is 0 Å². The van der Waals surface area contributed by atoms with Crippen LogP contribution in [0.3, 0.4) is 0 Å². The Morgan fingerprint density at radius 2 is 2.06 bits per heavy atom. The molecule has 0 fully saturated rings. The maximum absolute atomic E-state index is 5.78. The first-order chi connectivity index (χ1) is 8.42. The summed E-state index contributed by atoms with van der Waals surface area (Å²) in [6, 6.07) is 19.7. The fourth-order valence-electron chi connectivity index (χ4n) is 2.41. The molecule has 1 nitrogen and oxygen atoms in total. The quantitative estimate of drug-likeness (QED) is 0.759. The molecule has 1 aliphatic heterocycles. The van der Waals surface area contributed by atoms with Gasteiger partial charge in [0.25, 0.3) is 0 Å². The zero-order valence-corrected chi connectivity index (χ0v) is 9.73. The minimum atomic E-state index is 0.590. The Balaban J connectivity index is 1.72. The van der Waals surface area contributed by atoms with Gasteiger partial charge in [0.15, 0.2) is 0 Å². The highest BCUT2D eigenvalue weighted by molar-refractivity contribution is 5.34. The zero-order chi connectivity index (χ0) is 11.5. The van der Waals surface area contributed by atoms with Gasteiger partial charge >= 0.3 is 0 Å². The Labute approximate surface area is 102 Å². The second kappa shape index (κ2) is 4.62. The summed E-state index contributed by atoms with van der Waals surface area (Å²) in [4.78, 5) is 0. The molecule has 1 radical (unpaired) electrons. The lowest BCUT2D eigenvalue weighted by molar-refractivity contribution is 0.221. The van der Waals surface area contributed by atoms with E-state index in [2.05, 4.69) is 42.5 Å². The SMILES string of the molecule is [c]1ccc2c(c1)OCC(Cc1ccccc1)C2. The van der Waals surface area contributed by atoms with Crippen molar-refractivity contribution in [3.05, 3.63) is 65.7 Å². The molecule has 0 aromatic heterocycles. The number of fused-ring (bicyclic) bond motifs is 1. The van der Waals surface area contributed by atoms with E-state index in [1.807, 2.05) is 12.1 Å². The van der Waals surface area contributed by atoms with Crippen molar-refractivity contribution in [2.75, 3.05) is 6.61 Å². The third-order valence-electron chi connectivity index (χ3n) is 3.26. The van der Waals surface area contributed by atoms with E-state index in [0.29, 0.717) is 5.92 Å². The largest absolute Gasteiger partial charge is 0.493 e. The second-order valence-corrected chi connectivity index (χ2v) is 4.60. The summed E-state index contributed by atoms with van der Waals surface area (Å²) in [5.74, 6) is 1.60. The van der Waals surface area contributed by atoms with Gasteiger partial charge in [-0.05, 0) is 36.1 Å². The Bertz CT molecular complexity index is 490. The summed E-state index contributed by atoms with van der Waals surface area (Å²) in [5, 5.41) is 0. The van der Waals surface area contributed by atoms with Crippen LogP contribution >= 0.6 is 0 Å². The summed E-state index contributed by atoms with van der Waals surface area (Å²) >= 11 is 0. The summed E-state index contributed by atoms with van der Waals surface area (Å²) in [7, 11) is 0. The van der Waals surface area contributed by atoms with Crippen molar-refractivity contribution in [3.8, 4) is 5.75 Å². The summed E-state index contributed by atoms with van der Waals surface area (Å²) in [5.41, 5.74) is 2.71. The average molecular weight is 223 g/mol. The van der Waals surface area contributed by atoms with E-state index in [-0.39, 0.29) is 0 Å². The van der Waals surface area contributed by atoms with Crippen LogP contribution < -0.4 is 4.74 Å². The van der Waals surface area contributed by atoms with E-state index in [1.54, 1.807) is 0 Å². The first-order valence-corrected chi connectivity index (χ1v) is 6.07. The van der Waals surface area contributed by atoms with Gasteiger partial charge in [-0.15, -0.1) is 0 Å². The fourth-order valence-corrected chi connectivity index (χ4v) is 2.41. The third-order valence-corrected chi connectivity index (χ3v) is 3.26. The van der Waals surface area contributed by atoms with Gasteiger partial charge in [-0.2, -0.15) is 0 Å². The molecule has 1 heteroatoms. The van der Waals surface area contributed by atoms with E-state index in [1.165, 1.54) is 11.1 Å². The van der Waals surface area contributed by atoms with Crippen LogP contribution in [0.15, 0.2) is 48.5 Å². The molecular formula is C16H15O. The molecule has 0 spiro atoms. The predicted octanol–water partition coefficient (Wildman–Crippen LogP) is 3.28. The number of benzene rings is 2. The van der Waals surface area contributed by atoms with Crippen molar-refractivity contribution in [2.24, 2.45) is 5.92 Å². The van der Waals surface area contributed by atoms with Crippen LogP contribution in [-0.2, 0) is 12.8 Å². The summed E-state index contributed by atoms with van der Waals surface area (Å²) in [6.07, 6.45) is 2.21. The summed E-state index contributed by atoms with van der Waals surface area (Å²) in [6.45, 7) is 0.819. The molecule has 0 saturated carbocycles. The van der Waals surface area contributed by atoms with Crippen LogP contribution in [0.2, 0.25) is 0 Å². The molecule has 1 unspecified atom stereocenters. The number of ether oxygens (including phenoxy) is 1. The van der Waals surface area contributed by atoms with Gasteiger partial charge in [-0.1, -0.05) is 42.5 Å². The van der Waals surface area contributed by atoms with Crippen molar-refractivity contribution in [3.63, 3.8) is 0 Å². The smallest absolute Gasteiger partial charge is 0.123 e. The molecule has 0 N–H and O–H groups in total. The molecule has 1 heterocycles. The Kier molecular flexibility index (Phi) is 2.83. The zero-order valence-electron chi connectivity index (χ0n) is 9.73. The highest BCUT2D eigenvalue weighted by Gasteiger charge is 2.19. The molecule has 85 valence electrons. The number of hydrogen-bond donors (Lipinski definition) is 0. The minimum absolute atomic E-state index is 0.590. The molecule has 17 heavy (non-hydrogen) atoms. The molecule has 2 aromatic rings. The molecule has 0 saturated heterocycles. The lowest BCUT2D eigenvalue weighted by atomic mass is 9.91. The third kappa shape index (κ3) is 2.33. The van der Waals surface area contributed by atoms with Crippen LogP contribution in [0, 0.1) is 12.0 Å². The first-order valence-electron chi connectivity index (χ1n) is 6.07. The van der Waals surface area contributed by atoms with Gasteiger partial charge in [0.2, 0.25) is 0 Å². The van der Waals surface area contributed by atoms with Crippen molar-refractivity contribution in [1.29, 1.82) is 0 Å². The van der Waals surface area contributed by atoms with Crippen molar-refractivity contribution in [1.82, 2.24) is 0 Å². The van der Waals surface area contributed by atoms with E-state index in [0.717, 1.165) is 25.2 Å². The number of hydrogen-bond acceptors (Lipinski definition) is 1. The van der Waals surface area contributed by atoms with Crippen LogP contribution in [-0.4, -0.2) is 6.61 Å². The van der Waals surface area contributed by atoms with Crippen LogP contribution in [0.4, 0.5) is 0 Å². The summed E-state index contributed by atoms with van der Waals surface area (Å²) < 4.78 is 5.78. The number of rotatable bonds is 2. The minimum Gasteiger partial charge on any atom is -0.493 e. The fraction of sp³-hybridized carbons (Fsp3) is 0.250. The van der Waals surface area contributed by atoms with Gasteiger partial charge in [-0.3, -0.25) is 0 Å². The van der Waals surface area contributed by atoms with Gasteiger partial charge in [0.05, 0.1) is 6.61 Å².